The Kier molecular flexibility index (Phi) is 6.70. The lowest BCUT2D eigenvalue weighted by Gasteiger charge is -2.23. The number of hydrogen-bond acceptors (Lipinski definition) is 7. The Hall–Kier alpha value is -3.57. The van der Waals surface area contributed by atoms with Crippen molar-refractivity contribution >= 4 is 11.5 Å². The molecule has 0 fully saturated rings. The van der Waals surface area contributed by atoms with E-state index in [9.17, 15) is 22.8 Å². The number of nitrogen functional groups attached to an aromatic ring is 1. The van der Waals surface area contributed by atoms with Crippen LogP contribution in [0.25, 0.3) is 11.4 Å². The van der Waals surface area contributed by atoms with E-state index in [1.807, 2.05) is 6.92 Å². The van der Waals surface area contributed by atoms with Gasteiger partial charge < -0.3 is 15.2 Å². The molecule has 0 unspecified atom stereocenters. The molecule has 0 bridgehead atoms. The second-order valence-electron chi connectivity index (χ2n) is 7.10. The molecule has 12 heteroatoms. The van der Waals surface area contributed by atoms with Crippen molar-refractivity contribution in [1.82, 2.24) is 19.7 Å². The van der Waals surface area contributed by atoms with Gasteiger partial charge in [0.15, 0.2) is 0 Å². The predicted molar refractivity (Wildman–Crippen MR) is 112 cm³/mol. The van der Waals surface area contributed by atoms with Crippen molar-refractivity contribution in [1.29, 1.82) is 0 Å². The summed E-state index contributed by atoms with van der Waals surface area (Å²) in [5.41, 5.74) is 4.29. The van der Waals surface area contributed by atoms with Crippen molar-refractivity contribution < 1.29 is 17.7 Å². The van der Waals surface area contributed by atoms with Gasteiger partial charge in [0.25, 0.3) is 5.56 Å². The number of rotatable bonds is 8. The van der Waals surface area contributed by atoms with Crippen molar-refractivity contribution in [2.75, 3.05) is 17.2 Å². The first-order valence-electron chi connectivity index (χ1n) is 10.0. The van der Waals surface area contributed by atoms with Gasteiger partial charge in [-0.1, -0.05) is 30.6 Å². The van der Waals surface area contributed by atoms with Gasteiger partial charge in [-0.3, -0.25) is 14.3 Å². The molecule has 0 aliphatic heterocycles. The zero-order valence-corrected chi connectivity index (χ0v) is 17.6. The summed E-state index contributed by atoms with van der Waals surface area (Å²) in [6, 6.07) is 4.57. The summed E-state index contributed by atoms with van der Waals surface area (Å²) in [6.07, 6.45) is -2.97. The van der Waals surface area contributed by atoms with Gasteiger partial charge in [0, 0.05) is 18.7 Å². The molecule has 0 aliphatic carbocycles. The first-order chi connectivity index (χ1) is 15.2. The maximum Gasteiger partial charge on any atom is 0.416 e. The summed E-state index contributed by atoms with van der Waals surface area (Å²) in [7, 11) is 0. The van der Waals surface area contributed by atoms with Gasteiger partial charge in [0.05, 0.1) is 12.1 Å². The van der Waals surface area contributed by atoms with E-state index >= 15 is 0 Å². The van der Waals surface area contributed by atoms with Crippen molar-refractivity contribution in [2.24, 2.45) is 0 Å². The number of aromatic nitrogens is 4. The molecular weight excluding hydrogens is 429 g/mol. The van der Waals surface area contributed by atoms with Crippen LogP contribution in [0.3, 0.4) is 0 Å². The van der Waals surface area contributed by atoms with E-state index in [-0.39, 0.29) is 35.3 Å². The molecule has 2 heterocycles. The number of hydrogen-bond donors (Lipinski definition) is 2. The number of alkyl halides is 3. The highest BCUT2D eigenvalue weighted by atomic mass is 19.4. The number of halogens is 3. The van der Waals surface area contributed by atoms with E-state index in [0.717, 1.165) is 18.6 Å². The molecule has 32 heavy (non-hydrogen) atoms. The number of nitrogens with one attached hydrogen (secondary N) is 1. The SMILES string of the molecule is CCCCn1c(N)c(N(CC)Cc2nc(-c3cccc(C(F)(F)F)c3)no2)c(=O)[nH]c1=O. The van der Waals surface area contributed by atoms with E-state index in [4.69, 9.17) is 10.3 Å². The van der Waals surface area contributed by atoms with Crippen molar-refractivity contribution in [3.63, 3.8) is 0 Å². The normalized spacial score (nSPS) is 11.7. The second-order valence-corrected chi connectivity index (χ2v) is 7.10. The minimum atomic E-state index is -4.50. The van der Waals surface area contributed by atoms with E-state index in [1.54, 1.807) is 11.8 Å². The van der Waals surface area contributed by atoms with Crippen molar-refractivity contribution in [2.45, 2.75) is 46.0 Å². The maximum atomic E-state index is 13.0. The highest BCUT2D eigenvalue weighted by molar-refractivity contribution is 5.62. The van der Waals surface area contributed by atoms with E-state index < -0.39 is 23.0 Å². The number of nitrogens with zero attached hydrogens (tertiary/aromatic N) is 4. The number of nitrogens with two attached hydrogens (primary N) is 1. The molecule has 0 atom stereocenters. The lowest BCUT2D eigenvalue weighted by molar-refractivity contribution is -0.137. The van der Waals surface area contributed by atoms with Crippen LogP contribution < -0.4 is 21.9 Å². The Morgan fingerprint density at radius 3 is 2.66 bits per heavy atom. The van der Waals surface area contributed by atoms with Gasteiger partial charge in [-0.25, -0.2) is 4.79 Å². The minimum absolute atomic E-state index is 0.0167. The number of benzene rings is 1. The van der Waals surface area contributed by atoms with Gasteiger partial charge in [0.1, 0.15) is 11.5 Å². The molecule has 3 rings (SSSR count). The summed E-state index contributed by atoms with van der Waals surface area (Å²) in [5.74, 6) is 0.0768. The monoisotopic (exact) mass is 452 g/mol. The maximum absolute atomic E-state index is 13.0. The quantitative estimate of drug-likeness (QED) is 0.539. The lowest BCUT2D eigenvalue weighted by atomic mass is 10.1. The summed E-state index contributed by atoms with van der Waals surface area (Å²) >= 11 is 0. The van der Waals surface area contributed by atoms with E-state index in [0.29, 0.717) is 19.5 Å². The van der Waals surface area contributed by atoms with Crippen LogP contribution in [0.2, 0.25) is 0 Å². The summed E-state index contributed by atoms with van der Waals surface area (Å²) in [6.45, 7) is 4.37. The highest BCUT2D eigenvalue weighted by Gasteiger charge is 2.31. The molecule has 0 aliphatic rings. The number of H-pyrrole nitrogens is 1. The molecule has 1 aromatic carbocycles. The van der Waals surface area contributed by atoms with Gasteiger partial charge in [-0.05, 0) is 25.5 Å². The molecule has 3 N–H and O–H groups in total. The highest BCUT2D eigenvalue weighted by Crippen LogP contribution is 2.31. The molecule has 0 saturated heterocycles. The smallest absolute Gasteiger partial charge is 0.383 e. The Labute approximate surface area is 180 Å². The third-order valence-corrected chi connectivity index (χ3v) is 4.89. The molecule has 3 aromatic rings. The van der Waals surface area contributed by atoms with Crippen LogP contribution in [0.4, 0.5) is 24.7 Å². The standard InChI is InChI=1S/C20H23F3N6O3/c1-3-5-9-29-16(24)15(18(30)26-19(29)31)28(4-2)11-14-25-17(27-32-14)12-7-6-8-13(10-12)20(21,22)23/h6-8,10H,3-5,9,11,24H2,1-2H3,(H,26,30,31). The van der Waals surface area contributed by atoms with Crippen LogP contribution in [-0.2, 0) is 19.3 Å². The Morgan fingerprint density at radius 2 is 2.00 bits per heavy atom. The van der Waals surface area contributed by atoms with Gasteiger partial charge >= 0.3 is 11.9 Å². The van der Waals surface area contributed by atoms with E-state index in [2.05, 4.69) is 15.1 Å². The molecule has 0 amide bonds. The van der Waals surface area contributed by atoms with Crippen LogP contribution >= 0.6 is 0 Å². The van der Waals surface area contributed by atoms with Gasteiger partial charge in [-0.15, -0.1) is 0 Å². The molecule has 0 radical (unpaired) electrons. The summed E-state index contributed by atoms with van der Waals surface area (Å²) in [5, 5.41) is 3.76. The molecule has 0 saturated carbocycles. The fourth-order valence-corrected chi connectivity index (χ4v) is 3.20. The zero-order chi connectivity index (χ0) is 23.5. The molecule has 9 nitrogen and oxygen atoms in total. The number of anilines is 2. The average Bonchev–Trinajstić information content (AvgIpc) is 3.21. The van der Waals surface area contributed by atoms with Crippen LogP contribution in [0.1, 0.15) is 38.1 Å². The fraction of sp³-hybridized carbons (Fsp3) is 0.400. The lowest BCUT2D eigenvalue weighted by Crippen LogP contribution is -2.38. The second kappa shape index (κ2) is 9.28. The average molecular weight is 452 g/mol. The largest absolute Gasteiger partial charge is 0.416 e. The Morgan fingerprint density at radius 1 is 1.25 bits per heavy atom. The number of unbranched alkanes of at least 4 members (excludes halogenated alkanes) is 1. The molecule has 2 aromatic heterocycles. The first kappa shape index (κ1) is 23.1. The predicted octanol–water partition coefficient (Wildman–Crippen LogP) is 3.01. The summed E-state index contributed by atoms with van der Waals surface area (Å²) in [4.78, 5) is 32.6. The van der Waals surface area contributed by atoms with Crippen LogP contribution in [-0.4, -0.2) is 26.2 Å². The van der Waals surface area contributed by atoms with Crippen LogP contribution in [0.5, 0.6) is 0 Å². The topological polar surface area (TPSA) is 123 Å². The third kappa shape index (κ3) is 4.84. The first-order valence-corrected chi connectivity index (χ1v) is 10.0. The Balaban J connectivity index is 1.91. The molecule has 172 valence electrons. The van der Waals surface area contributed by atoms with Crippen LogP contribution in [0, 0.1) is 0 Å². The fourth-order valence-electron chi connectivity index (χ4n) is 3.20. The summed E-state index contributed by atoms with van der Waals surface area (Å²) < 4.78 is 45.4. The van der Waals surface area contributed by atoms with Crippen LogP contribution in [0.15, 0.2) is 38.4 Å². The number of aromatic amines is 1. The van der Waals surface area contributed by atoms with E-state index in [1.165, 1.54) is 16.7 Å². The molecule has 0 spiro atoms. The van der Waals surface area contributed by atoms with Gasteiger partial charge in [0.2, 0.25) is 11.7 Å². The third-order valence-electron chi connectivity index (χ3n) is 4.89. The van der Waals surface area contributed by atoms with Gasteiger partial charge in [-0.2, -0.15) is 18.2 Å². The zero-order valence-electron chi connectivity index (χ0n) is 17.6. The molecular formula is C20H23F3N6O3. The van der Waals surface area contributed by atoms with Crippen molar-refractivity contribution in [3.8, 4) is 11.4 Å². The minimum Gasteiger partial charge on any atom is -0.383 e. The Bertz CT molecular complexity index is 1200. The van der Waals surface area contributed by atoms with Crippen molar-refractivity contribution in [3.05, 3.63) is 56.6 Å².